The van der Waals surface area contributed by atoms with Gasteiger partial charge in [-0.15, -0.1) is 0 Å². The van der Waals surface area contributed by atoms with Crippen LogP contribution in [0.4, 0.5) is 0 Å². The van der Waals surface area contributed by atoms with E-state index in [1.807, 2.05) is 13.8 Å². The van der Waals surface area contributed by atoms with Crippen molar-refractivity contribution < 1.29 is 14.6 Å². The Balaban J connectivity index is 2.82. The van der Waals surface area contributed by atoms with Crippen LogP contribution in [0.1, 0.15) is 33.6 Å². The number of carboxylic acids is 1. The van der Waals surface area contributed by atoms with E-state index in [0.29, 0.717) is 12.8 Å². The van der Waals surface area contributed by atoms with Crippen molar-refractivity contribution >= 4 is 5.97 Å². The third kappa shape index (κ3) is 1.84. The number of carbonyl (C=O) groups is 1. The summed E-state index contributed by atoms with van der Waals surface area (Å²) in [5, 5.41) is 8.95. The summed E-state index contributed by atoms with van der Waals surface area (Å²) in [7, 11) is 0. The van der Waals surface area contributed by atoms with E-state index in [1.165, 1.54) is 0 Å². The summed E-state index contributed by atoms with van der Waals surface area (Å²) in [6.45, 7) is 5.26. The quantitative estimate of drug-likeness (QED) is 0.635. The lowest BCUT2D eigenvalue weighted by Crippen LogP contribution is -2.58. The van der Waals surface area contributed by atoms with Gasteiger partial charge in [-0.05, 0) is 33.6 Å². The van der Waals surface area contributed by atoms with Crippen molar-refractivity contribution in [2.75, 3.05) is 0 Å². The first-order valence-corrected chi connectivity index (χ1v) is 4.47. The zero-order valence-electron chi connectivity index (χ0n) is 8.33. The molecule has 2 unspecified atom stereocenters. The van der Waals surface area contributed by atoms with Crippen LogP contribution in [0.5, 0.6) is 0 Å². The van der Waals surface area contributed by atoms with Crippen molar-refractivity contribution in [3.05, 3.63) is 0 Å². The number of rotatable bonds is 1. The highest BCUT2D eigenvalue weighted by molar-refractivity contribution is 5.77. The van der Waals surface area contributed by atoms with Gasteiger partial charge in [-0.3, -0.25) is 0 Å². The Bertz CT molecular complexity index is 227. The molecule has 1 rings (SSSR count). The predicted molar refractivity (Wildman–Crippen MR) is 48.4 cm³/mol. The van der Waals surface area contributed by atoms with E-state index in [1.54, 1.807) is 6.92 Å². The minimum atomic E-state index is -1.07. The van der Waals surface area contributed by atoms with E-state index >= 15 is 0 Å². The highest BCUT2D eigenvalue weighted by Crippen LogP contribution is 2.34. The number of hydrogen-bond donors (Lipinski definition) is 2. The lowest BCUT2D eigenvalue weighted by Gasteiger charge is -2.44. The second-order valence-electron chi connectivity index (χ2n) is 4.39. The number of aliphatic carboxylic acids is 1. The van der Waals surface area contributed by atoms with Crippen LogP contribution in [0.15, 0.2) is 0 Å². The maximum atomic E-state index is 10.9. The average Bonchev–Trinajstić information content (AvgIpc) is 1.96. The van der Waals surface area contributed by atoms with E-state index in [4.69, 9.17) is 15.6 Å². The molecule has 0 bridgehead atoms. The van der Waals surface area contributed by atoms with Crippen LogP contribution in [-0.2, 0) is 9.53 Å². The molecule has 2 atom stereocenters. The maximum absolute atomic E-state index is 10.9. The molecule has 13 heavy (non-hydrogen) atoms. The van der Waals surface area contributed by atoms with Gasteiger partial charge in [-0.2, -0.15) is 0 Å². The standard InChI is InChI=1S/C9H17NO3/c1-8(2)6(10)4-5-9(3,13-8)7(11)12/h6H,4-5,10H2,1-3H3,(H,11,12). The Hall–Kier alpha value is -0.610. The monoisotopic (exact) mass is 187 g/mol. The summed E-state index contributed by atoms with van der Waals surface area (Å²) in [6.07, 6.45) is 1.17. The smallest absolute Gasteiger partial charge is 0.335 e. The molecule has 0 spiro atoms. The summed E-state index contributed by atoms with van der Waals surface area (Å²) in [6, 6.07) is -0.0834. The van der Waals surface area contributed by atoms with Gasteiger partial charge in [0.15, 0.2) is 5.60 Å². The van der Waals surface area contributed by atoms with Crippen LogP contribution in [0.25, 0.3) is 0 Å². The molecule has 0 amide bonds. The third-order valence-corrected chi connectivity index (χ3v) is 2.77. The van der Waals surface area contributed by atoms with E-state index in [2.05, 4.69) is 0 Å². The third-order valence-electron chi connectivity index (χ3n) is 2.77. The van der Waals surface area contributed by atoms with Crippen molar-refractivity contribution in [2.24, 2.45) is 5.73 Å². The first-order chi connectivity index (χ1) is 5.78. The molecular weight excluding hydrogens is 170 g/mol. The van der Waals surface area contributed by atoms with Gasteiger partial charge in [0.1, 0.15) is 0 Å². The summed E-state index contributed by atoms with van der Waals surface area (Å²) in [5.41, 5.74) is 4.20. The van der Waals surface area contributed by atoms with Crippen LogP contribution in [-0.4, -0.2) is 28.3 Å². The molecule has 1 heterocycles. The average molecular weight is 187 g/mol. The van der Waals surface area contributed by atoms with Crippen molar-refractivity contribution in [2.45, 2.75) is 50.9 Å². The summed E-state index contributed by atoms with van der Waals surface area (Å²) >= 11 is 0. The van der Waals surface area contributed by atoms with Gasteiger partial charge in [0.2, 0.25) is 0 Å². The molecule has 4 heteroatoms. The lowest BCUT2D eigenvalue weighted by molar-refractivity contribution is -0.201. The highest BCUT2D eigenvalue weighted by atomic mass is 16.5. The van der Waals surface area contributed by atoms with Gasteiger partial charge in [-0.1, -0.05) is 0 Å². The molecule has 0 aliphatic carbocycles. The van der Waals surface area contributed by atoms with E-state index in [0.717, 1.165) is 0 Å². The van der Waals surface area contributed by atoms with Crippen LogP contribution >= 0.6 is 0 Å². The Labute approximate surface area is 78.1 Å². The van der Waals surface area contributed by atoms with Gasteiger partial charge in [0, 0.05) is 6.04 Å². The molecular formula is C9H17NO3. The molecule has 0 saturated carbocycles. The minimum Gasteiger partial charge on any atom is -0.479 e. The number of nitrogens with two attached hydrogens (primary N) is 1. The van der Waals surface area contributed by atoms with Crippen molar-refractivity contribution in [3.63, 3.8) is 0 Å². The van der Waals surface area contributed by atoms with Gasteiger partial charge in [-0.25, -0.2) is 4.79 Å². The summed E-state index contributed by atoms with van der Waals surface area (Å²) < 4.78 is 5.51. The second-order valence-corrected chi connectivity index (χ2v) is 4.39. The van der Waals surface area contributed by atoms with Crippen molar-refractivity contribution in [1.82, 2.24) is 0 Å². The molecule has 0 aromatic carbocycles. The number of ether oxygens (including phenoxy) is 1. The Morgan fingerprint density at radius 3 is 2.46 bits per heavy atom. The Morgan fingerprint density at radius 1 is 1.54 bits per heavy atom. The molecule has 1 aliphatic rings. The molecule has 76 valence electrons. The molecule has 1 aliphatic heterocycles. The van der Waals surface area contributed by atoms with Crippen molar-refractivity contribution in [1.29, 1.82) is 0 Å². The van der Waals surface area contributed by atoms with Crippen LogP contribution in [0.3, 0.4) is 0 Å². The van der Waals surface area contributed by atoms with Gasteiger partial charge in [0.25, 0.3) is 0 Å². The minimum absolute atomic E-state index is 0.0834. The Morgan fingerprint density at radius 2 is 2.08 bits per heavy atom. The SMILES string of the molecule is CC1(C(=O)O)CCC(N)C(C)(C)O1. The molecule has 0 aromatic rings. The molecule has 0 aromatic heterocycles. The van der Waals surface area contributed by atoms with Crippen LogP contribution in [0, 0.1) is 0 Å². The van der Waals surface area contributed by atoms with Gasteiger partial charge < -0.3 is 15.6 Å². The fourth-order valence-electron chi connectivity index (χ4n) is 1.64. The molecule has 0 radical (unpaired) electrons. The highest BCUT2D eigenvalue weighted by Gasteiger charge is 2.46. The first-order valence-electron chi connectivity index (χ1n) is 4.47. The molecule has 4 nitrogen and oxygen atoms in total. The normalized spacial score (nSPS) is 38.6. The number of hydrogen-bond acceptors (Lipinski definition) is 3. The zero-order chi connectivity index (χ0) is 10.3. The predicted octanol–water partition coefficient (Wildman–Crippen LogP) is 0.746. The van der Waals surface area contributed by atoms with E-state index in [9.17, 15) is 4.79 Å². The number of carboxylic acid groups (broad SMARTS) is 1. The van der Waals surface area contributed by atoms with E-state index in [-0.39, 0.29) is 6.04 Å². The van der Waals surface area contributed by atoms with Crippen LogP contribution in [0.2, 0.25) is 0 Å². The van der Waals surface area contributed by atoms with Crippen molar-refractivity contribution in [3.8, 4) is 0 Å². The largest absolute Gasteiger partial charge is 0.479 e. The maximum Gasteiger partial charge on any atom is 0.335 e. The fourth-order valence-corrected chi connectivity index (χ4v) is 1.64. The molecule has 1 fully saturated rings. The zero-order valence-corrected chi connectivity index (χ0v) is 8.33. The summed E-state index contributed by atoms with van der Waals surface area (Å²) in [4.78, 5) is 10.9. The molecule has 3 N–H and O–H groups in total. The summed E-state index contributed by atoms with van der Waals surface area (Å²) in [5.74, 6) is -0.910. The molecule has 1 saturated heterocycles. The van der Waals surface area contributed by atoms with Gasteiger partial charge >= 0.3 is 5.97 Å². The second kappa shape index (κ2) is 2.96. The van der Waals surface area contributed by atoms with Gasteiger partial charge in [0.05, 0.1) is 5.60 Å². The topological polar surface area (TPSA) is 72.5 Å². The van der Waals surface area contributed by atoms with E-state index < -0.39 is 17.2 Å². The Kier molecular flexibility index (Phi) is 2.38. The van der Waals surface area contributed by atoms with Crippen LogP contribution < -0.4 is 5.73 Å². The fraction of sp³-hybridized carbons (Fsp3) is 0.889. The lowest BCUT2D eigenvalue weighted by atomic mass is 9.84. The first kappa shape index (κ1) is 10.5.